The fourth-order valence-corrected chi connectivity index (χ4v) is 4.28. The van der Waals surface area contributed by atoms with Crippen LogP contribution in [0.25, 0.3) is 0 Å². The molecule has 4 rings (SSSR count). The number of hydrogen-bond acceptors (Lipinski definition) is 2. The highest BCUT2D eigenvalue weighted by Crippen LogP contribution is 2.47. The van der Waals surface area contributed by atoms with Crippen molar-refractivity contribution < 1.29 is 4.74 Å². The van der Waals surface area contributed by atoms with Crippen LogP contribution >= 0.6 is 0 Å². The summed E-state index contributed by atoms with van der Waals surface area (Å²) in [7, 11) is 1.76. The van der Waals surface area contributed by atoms with E-state index in [1.54, 1.807) is 18.4 Å². The van der Waals surface area contributed by atoms with Gasteiger partial charge in [-0.2, -0.15) is 0 Å². The van der Waals surface area contributed by atoms with Crippen molar-refractivity contribution in [2.24, 2.45) is 5.92 Å². The van der Waals surface area contributed by atoms with Crippen molar-refractivity contribution in [2.45, 2.75) is 38.0 Å². The van der Waals surface area contributed by atoms with Crippen molar-refractivity contribution in [3.8, 4) is 5.75 Å². The predicted octanol–water partition coefficient (Wildman–Crippen LogP) is 3.72. The SMILES string of the molecule is COc1ccc2c(c1)CCC1C=C(N3CCCC3)CC21. The van der Waals surface area contributed by atoms with Gasteiger partial charge in [0, 0.05) is 18.8 Å². The first-order valence-electron chi connectivity index (χ1n) is 7.97. The number of nitrogens with zero attached hydrogens (tertiary/aromatic N) is 1. The third kappa shape index (κ3) is 1.93. The Bertz CT molecular complexity index is 542. The molecule has 1 saturated heterocycles. The van der Waals surface area contributed by atoms with E-state index in [4.69, 9.17) is 4.74 Å². The Balaban J connectivity index is 1.60. The molecule has 0 N–H and O–H groups in total. The summed E-state index contributed by atoms with van der Waals surface area (Å²) in [6, 6.07) is 6.69. The minimum absolute atomic E-state index is 0.722. The maximum Gasteiger partial charge on any atom is 0.119 e. The summed E-state index contributed by atoms with van der Waals surface area (Å²) in [6.07, 6.45) is 9.10. The van der Waals surface area contributed by atoms with Crippen LogP contribution in [0.5, 0.6) is 5.75 Å². The third-order valence-corrected chi connectivity index (χ3v) is 5.36. The minimum Gasteiger partial charge on any atom is -0.497 e. The first kappa shape index (κ1) is 12.3. The van der Waals surface area contributed by atoms with Crippen LogP contribution in [0.15, 0.2) is 30.0 Å². The summed E-state index contributed by atoms with van der Waals surface area (Å²) in [5, 5.41) is 0. The molecule has 1 heterocycles. The number of fused-ring (bicyclic) bond motifs is 3. The lowest BCUT2D eigenvalue weighted by Gasteiger charge is -2.28. The second-order valence-corrected chi connectivity index (χ2v) is 6.43. The quantitative estimate of drug-likeness (QED) is 0.811. The van der Waals surface area contributed by atoms with Crippen molar-refractivity contribution in [1.82, 2.24) is 4.90 Å². The molecule has 0 amide bonds. The molecule has 1 aromatic rings. The summed E-state index contributed by atoms with van der Waals surface area (Å²) < 4.78 is 5.37. The molecule has 0 spiro atoms. The monoisotopic (exact) mass is 269 g/mol. The van der Waals surface area contributed by atoms with Crippen molar-refractivity contribution in [3.63, 3.8) is 0 Å². The van der Waals surface area contributed by atoms with Gasteiger partial charge in [0.05, 0.1) is 7.11 Å². The molecule has 1 aromatic carbocycles. The number of likely N-dealkylation sites (tertiary alicyclic amines) is 1. The Morgan fingerprint density at radius 1 is 1.20 bits per heavy atom. The van der Waals surface area contributed by atoms with Gasteiger partial charge in [-0.05, 0) is 67.2 Å². The summed E-state index contributed by atoms with van der Waals surface area (Å²) in [5.74, 6) is 2.50. The number of aryl methyl sites for hydroxylation is 1. The molecule has 3 aliphatic rings. The molecule has 0 aromatic heterocycles. The van der Waals surface area contributed by atoms with E-state index in [0.29, 0.717) is 0 Å². The fraction of sp³-hybridized carbons (Fsp3) is 0.556. The van der Waals surface area contributed by atoms with E-state index in [2.05, 4.69) is 29.2 Å². The number of methoxy groups -OCH3 is 1. The smallest absolute Gasteiger partial charge is 0.119 e. The summed E-state index contributed by atoms with van der Waals surface area (Å²) in [5.41, 5.74) is 4.72. The summed E-state index contributed by atoms with van der Waals surface area (Å²) in [6.45, 7) is 2.56. The van der Waals surface area contributed by atoms with Crippen LogP contribution in [0, 0.1) is 5.92 Å². The van der Waals surface area contributed by atoms with Gasteiger partial charge in [0.2, 0.25) is 0 Å². The lowest BCUT2D eigenvalue weighted by atomic mass is 9.77. The standard InChI is InChI=1S/C18H23NO/c1-20-16-6-7-17-14(11-16)5-4-13-10-15(12-18(13)17)19-8-2-3-9-19/h6-7,10-11,13,18H,2-5,8-9,12H2,1H3. The van der Waals surface area contributed by atoms with Crippen LogP contribution in [0.2, 0.25) is 0 Å². The number of hydrogen-bond donors (Lipinski definition) is 0. The van der Waals surface area contributed by atoms with E-state index < -0.39 is 0 Å². The van der Waals surface area contributed by atoms with Gasteiger partial charge in [0.1, 0.15) is 5.75 Å². The number of ether oxygens (including phenoxy) is 1. The average molecular weight is 269 g/mol. The second-order valence-electron chi connectivity index (χ2n) is 6.43. The highest BCUT2D eigenvalue weighted by Gasteiger charge is 2.35. The van der Waals surface area contributed by atoms with Gasteiger partial charge < -0.3 is 9.64 Å². The number of allylic oxidation sites excluding steroid dienone is 2. The van der Waals surface area contributed by atoms with Crippen molar-refractivity contribution in [1.29, 1.82) is 0 Å². The molecule has 106 valence electrons. The molecular formula is C18H23NO. The maximum atomic E-state index is 5.37. The topological polar surface area (TPSA) is 12.5 Å². The highest BCUT2D eigenvalue weighted by atomic mass is 16.5. The average Bonchev–Trinajstić information content (AvgIpc) is 3.15. The van der Waals surface area contributed by atoms with Crippen LogP contribution < -0.4 is 4.74 Å². The van der Waals surface area contributed by atoms with Gasteiger partial charge in [-0.25, -0.2) is 0 Å². The third-order valence-electron chi connectivity index (χ3n) is 5.36. The molecule has 1 aliphatic heterocycles. The lowest BCUT2D eigenvalue weighted by Crippen LogP contribution is -2.18. The number of rotatable bonds is 2. The van der Waals surface area contributed by atoms with E-state index in [1.165, 1.54) is 50.8 Å². The van der Waals surface area contributed by atoms with Gasteiger partial charge in [0.15, 0.2) is 0 Å². The molecular weight excluding hydrogens is 246 g/mol. The van der Waals surface area contributed by atoms with Gasteiger partial charge in [-0.1, -0.05) is 12.1 Å². The largest absolute Gasteiger partial charge is 0.497 e. The fourth-order valence-electron chi connectivity index (χ4n) is 4.28. The molecule has 20 heavy (non-hydrogen) atoms. The molecule has 2 heteroatoms. The van der Waals surface area contributed by atoms with Crippen LogP contribution in [0.3, 0.4) is 0 Å². The highest BCUT2D eigenvalue weighted by molar-refractivity contribution is 5.42. The summed E-state index contributed by atoms with van der Waals surface area (Å²) in [4.78, 5) is 2.63. The van der Waals surface area contributed by atoms with Crippen LogP contribution in [-0.4, -0.2) is 25.1 Å². The van der Waals surface area contributed by atoms with E-state index in [-0.39, 0.29) is 0 Å². The molecule has 0 bridgehead atoms. The first-order chi connectivity index (χ1) is 9.85. The Hall–Kier alpha value is -1.44. The minimum atomic E-state index is 0.722. The molecule has 0 radical (unpaired) electrons. The predicted molar refractivity (Wildman–Crippen MR) is 81.1 cm³/mol. The zero-order valence-electron chi connectivity index (χ0n) is 12.3. The molecule has 2 nitrogen and oxygen atoms in total. The van der Waals surface area contributed by atoms with Gasteiger partial charge in [0.25, 0.3) is 0 Å². The van der Waals surface area contributed by atoms with Gasteiger partial charge in [-0.15, -0.1) is 0 Å². The zero-order valence-corrected chi connectivity index (χ0v) is 12.3. The van der Waals surface area contributed by atoms with Crippen LogP contribution in [0.4, 0.5) is 0 Å². The maximum absolute atomic E-state index is 5.37. The molecule has 2 aliphatic carbocycles. The zero-order chi connectivity index (χ0) is 13.5. The van der Waals surface area contributed by atoms with Gasteiger partial charge in [-0.3, -0.25) is 0 Å². The second kappa shape index (κ2) is 4.83. The van der Waals surface area contributed by atoms with Gasteiger partial charge >= 0.3 is 0 Å². The first-order valence-corrected chi connectivity index (χ1v) is 7.97. The van der Waals surface area contributed by atoms with Crippen molar-refractivity contribution in [2.75, 3.05) is 20.2 Å². The number of benzene rings is 1. The molecule has 2 unspecified atom stereocenters. The van der Waals surface area contributed by atoms with Crippen LogP contribution in [0.1, 0.15) is 42.7 Å². The molecule has 0 saturated carbocycles. The van der Waals surface area contributed by atoms with E-state index >= 15 is 0 Å². The Labute approximate surface area is 121 Å². The van der Waals surface area contributed by atoms with E-state index in [0.717, 1.165) is 17.6 Å². The van der Waals surface area contributed by atoms with Crippen molar-refractivity contribution in [3.05, 3.63) is 41.1 Å². The Kier molecular flexibility index (Phi) is 2.98. The molecule has 1 fully saturated rings. The van der Waals surface area contributed by atoms with E-state index in [9.17, 15) is 0 Å². The Morgan fingerprint density at radius 3 is 2.85 bits per heavy atom. The van der Waals surface area contributed by atoms with Crippen molar-refractivity contribution >= 4 is 0 Å². The lowest BCUT2D eigenvalue weighted by molar-refractivity contribution is 0.398. The van der Waals surface area contributed by atoms with E-state index in [1.807, 2.05) is 0 Å². The normalized spacial score (nSPS) is 28.1. The van der Waals surface area contributed by atoms with Crippen LogP contribution in [-0.2, 0) is 6.42 Å². The Morgan fingerprint density at radius 2 is 2.05 bits per heavy atom. The molecule has 2 atom stereocenters. The summed E-state index contributed by atoms with van der Waals surface area (Å²) >= 11 is 0.